The van der Waals surface area contributed by atoms with E-state index in [4.69, 9.17) is 0 Å². The average Bonchev–Trinajstić information content (AvgIpc) is 3.01. The highest BCUT2D eigenvalue weighted by molar-refractivity contribution is 5.76. The van der Waals surface area contributed by atoms with Crippen LogP contribution in [0.5, 0.6) is 0 Å². The van der Waals surface area contributed by atoms with Gasteiger partial charge < -0.3 is 10.6 Å². The Hall–Kier alpha value is -0.570. The number of carbonyl (C=O) groups is 1. The Labute approximate surface area is 93.0 Å². The molecule has 0 spiro atoms. The molecule has 0 saturated heterocycles. The van der Waals surface area contributed by atoms with E-state index in [2.05, 4.69) is 24.5 Å². The van der Waals surface area contributed by atoms with Crippen LogP contribution in [0.4, 0.5) is 0 Å². The Bertz CT molecular complexity index is 190. The maximum Gasteiger partial charge on any atom is 0.221 e. The summed E-state index contributed by atoms with van der Waals surface area (Å²) in [6.07, 6.45) is 6.47. The van der Waals surface area contributed by atoms with Gasteiger partial charge in [0, 0.05) is 25.0 Å². The lowest BCUT2D eigenvalue weighted by Crippen LogP contribution is -2.36. The molecule has 1 aliphatic rings. The van der Waals surface area contributed by atoms with Crippen molar-refractivity contribution in [3.8, 4) is 0 Å². The predicted octanol–water partition coefficient (Wildman–Crippen LogP) is 1.82. The van der Waals surface area contributed by atoms with Gasteiger partial charge in [0.15, 0.2) is 0 Å². The molecule has 0 aromatic heterocycles. The van der Waals surface area contributed by atoms with Crippen LogP contribution in [0.3, 0.4) is 0 Å². The molecule has 0 aromatic rings. The van der Waals surface area contributed by atoms with E-state index in [0.717, 1.165) is 25.8 Å². The fourth-order valence-corrected chi connectivity index (χ4v) is 1.70. The summed E-state index contributed by atoms with van der Waals surface area (Å²) in [7, 11) is 0. The van der Waals surface area contributed by atoms with E-state index in [-0.39, 0.29) is 5.91 Å². The zero-order valence-electron chi connectivity index (χ0n) is 10.0. The Morgan fingerprint density at radius 3 is 2.67 bits per heavy atom. The summed E-state index contributed by atoms with van der Waals surface area (Å²) in [5.41, 5.74) is 0. The molecule has 1 saturated carbocycles. The van der Waals surface area contributed by atoms with Crippen molar-refractivity contribution in [1.29, 1.82) is 0 Å². The van der Waals surface area contributed by atoms with E-state index in [1.54, 1.807) is 0 Å². The Morgan fingerprint density at radius 1 is 1.40 bits per heavy atom. The smallest absolute Gasteiger partial charge is 0.221 e. The molecule has 0 heterocycles. The molecule has 1 fully saturated rings. The van der Waals surface area contributed by atoms with Crippen molar-refractivity contribution >= 4 is 5.91 Å². The van der Waals surface area contributed by atoms with Crippen LogP contribution in [0.15, 0.2) is 0 Å². The van der Waals surface area contributed by atoms with Gasteiger partial charge in [0.2, 0.25) is 5.91 Å². The summed E-state index contributed by atoms with van der Waals surface area (Å²) in [6.45, 7) is 5.12. The van der Waals surface area contributed by atoms with Crippen LogP contribution in [0, 0.1) is 0 Å². The Balaban J connectivity index is 2.03. The van der Waals surface area contributed by atoms with E-state index >= 15 is 0 Å². The van der Waals surface area contributed by atoms with Gasteiger partial charge in [-0.25, -0.2) is 0 Å². The lowest BCUT2D eigenvalue weighted by molar-refractivity contribution is -0.121. The molecule has 3 nitrogen and oxygen atoms in total. The summed E-state index contributed by atoms with van der Waals surface area (Å²) in [6, 6.07) is 1.08. The zero-order chi connectivity index (χ0) is 11.1. The van der Waals surface area contributed by atoms with Gasteiger partial charge in [-0.05, 0) is 25.7 Å². The normalized spacial score (nSPS) is 17.5. The third-order valence-corrected chi connectivity index (χ3v) is 2.86. The topological polar surface area (TPSA) is 41.1 Å². The Kier molecular flexibility index (Phi) is 5.69. The minimum absolute atomic E-state index is 0.198. The van der Waals surface area contributed by atoms with Crippen molar-refractivity contribution in [2.75, 3.05) is 6.54 Å². The monoisotopic (exact) mass is 212 g/mol. The van der Waals surface area contributed by atoms with Crippen LogP contribution in [-0.2, 0) is 4.79 Å². The first-order valence-electron chi connectivity index (χ1n) is 6.29. The van der Waals surface area contributed by atoms with Crippen molar-refractivity contribution in [2.45, 2.75) is 64.5 Å². The molecule has 1 unspecified atom stereocenters. The van der Waals surface area contributed by atoms with Gasteiger partial charge in [-0.2, -0.15) is 0 Å². The van der Waals surface area contributed by atoms with Crippen LogP contribution in [-0.4, -0.2) is 24.5 Å². The lowest BCUT2D eigenvalue weighted by Gasteiger charge is -2.15. The van der Waals surface area contributed by atoms with Crippen molar-refractivity contribution < 1.29 is 4.79 Å². The maximum atomic E-state index is 11.5. The molecule has 0 aromatic carbocycles. The molecule has 1 aliphatic carbocycles. The minimum Gasteiger partial charge on any atom is -0.353 e. The van der Waals surface area contributed by atoms with Gasteiger partial charge in [-0.3, -0.25) is 4.79 Å². The molecule has 1 atom stereocenters. The summed E-state index contributed by atoms with van der Waals surface area (Å²) < 4.78 is 0. The highest BCUT2D eigenvalue weighted by atomic mass is 16.1. The summed E-state index contributed by atoms with van der Waals surface area (Å²) in [5, 5.41) is 6.43. The van der Waals surface area contributed by atoms with Gasteiger partial charge in [0.25, 0.3) is 0 Å². The van der Waals surface area contributed by atoms with Crippen LogP contribution in [0.1, 0.15) is 52.4 Å². The first kappa shape index (κ1) is 12.5. The van der Waals surface area contributed by atoms with Crippen molar-refractivity contribution in [3.05, 3.63) is 0 Å². The first-order valence-corrected chi connectivity index (χ1v) is 6.29. The van der Waals surface area contributed by atoms with Gasteiger partial charge >= 0.3 is 0 Å². The average molecular weight is 212 g/mol. The van der Waals surface area contributed by atoms with E-state index in [9.17, 15) is 4.79 Å². The highest BCUT2D eigenvalue weighted by Gasteiger charge is 2.20. The maximum absolute atomic E-state index is 11.5. The van der Waals surface area contributed by atoms with E-state index < -0.39 is 0 Å². The van der Waals surface area contributed by atoms with Crippen molar-refractivity contribution in [2.24, 2.45) is 0 Å². The fraction of sp³-hybridized carbons (Fsp3) is 0.917. The predicted molar refractivity (Wildman–Crippen MR) is 62.8 cm³/mol. The molecular weight excluding hydrogens is 188 g/mol. The van der Waals surface area contributed by atoms with E-state index in [1.165, 1.54) is 12.8 Å². The van der Waals surface area contributed by atoms with Crippen molar-refractivity contribution in [1.82, 2.24) is 10.6 Å². The van der Waals surface area contributed by atoms with Gasteiger partial charge in [0.1, 0.15) is 0 Å². The number of amides is 1. The van der Waals surface area contributed by atoms with Crippen LogP contribution >= 0.6 is 0 Å². The molecule has 88 valence electrons. The van der Waals surface area contributed by atoms with E-state index in [1.807, 2.05) is 0 Å². The molecule has 1 rings (SSSR count). The molecule has 1 amide bonds. The molecule has 0 radical (unpaired) electrons. The van der Waals surface area contributed by atoms with Crippen LogP contribution in [0.25, 0.3) is 0 Å². The molecule has 15 heavy (non-hydrogen) atoms. The molecule has 3 heteroatoms. The SMILES string of the molecule is CCCC(CC)NC(=O)CCNC1CC1. The van der Waals surface area contributed by atoms with Gasteiger partial charge in [-0.1, -0.05) is 20.3 Å². The van der Waals surface area contributed by atoms with Gasteiger partial charge in [0.05, 0.1) is 0 Å². The van der Waals surface area contributed by atoms with E-state index in [0.29, 0.717) is 18.5 Å². The lowest BCUT2D eigenvalue weighted by atomic mass is 10.1. The third-order valence-electron chi connectivity index (χ3n) is 2.86. The van der Waals surface area contributed by atoms with Crippen LogP contribution in [0.2, 0.25) is 0 Å². The molecular formula is C12H24N2O. The van der Waals surface area contributed by atoms with Crippen LogP contribution < -0.4 is 10.6 Å². The summed E-state index contributed by atoms with van der Waals surface area (Å²) in [5.74, 6) is 0.198. The molecule has 2 N–H and O–H groups in total. The van der Waals surface area contributed by atoms with Gasteiger partial charge in [-0.15, -0.1) is 0 Å². The standard InChI is InChI=1S/C12H24N2O/c1-3-5-10(4-2)14-12(15)8-9-13-11-6-7-11/h10-11,13H,3-9H2,1-2H3,(H,14,15). The summed E-state index contributed by atoms with van der Waals surface area (Å²) in [4.78, 5) is 11.5. The minimum atomic E-state index is 0.198. The number of carbonyl (C=O) groups excluding carboxylic acids is 1. The number of hydrogen-bond acceptors (Lipinski definition) is 2. The molecule has 0 bridgehead atoms. The highest BCUT2D eigenvalue weighted by Crippen LogP contribution is 2.18. The summed E-state index contributed by atoms with van der Waals surface area (Å²) >= 11 is 0. The quantitative estimate of drug-likeness (QED) is 0.644. The second-order valence-electron chi connectivity index (χ2n) is 4.44. The van der Waals surface area contributed by atoms with Crippen molar-refractivity contribution in [3.63, 3.8) is 0 Å². The zero-order valence-corrected chi connectivity index (χ0v) is 10.0. The first-order chi connectivity index (χ1) is 7.26. The fourth-order valence-electron chi connectivity index (χ4n) is 1.70. The third kappa shape index (κ3) is 5.78. The number of rotatable bonds is 8. The second-order valence-corrected chi connectivity index (χ2v) is 4.44. The number of hydrogen-bond donors (Lipinski definition) is 2. The Morgan fingerprint density at radius 2 is 2.13 bits per heavy atom. The second kappa shape index (κ2) is 6.83. The largest absolute Gasteiger partial charge is 0.353 e. The molecule has 0 aliphatic heterocycles. The number of nitrogens with one attached hydrogen (secondary N) is 2.